The third-order valence-electron chi connectivity index (χ3n) is 3.03. The van der Waals surface area contributed by atoms with Gasteiger partial charge in [-0.1, -0.05) is 13.0 Å². The highest BCUT2D eigenvalue weighted by atomic mass is 79.9. The fraction of sp³-hybridized carbons (Fsp3) is 0.571. The van der Waals surface area contributed by atoms with E-state index in [-0.39, 0.29) is 0 Å². The maximum absolute atomic E-state index is 5.22. The Hall–Kier alpha value is -0.540. The Morgan fingerprint density at radius 1 is 1.35 bits per heavy atom. The number of hydrogen-bond donors (Lipinski definition) is 1. The SMILES string of the molecule is CNCCC(C)CCc1ccc(OC)c(Br)c1. The second kappa shape index (κ2) is 7.72. The molecule has 0 fully saturated rings. The molecule has 1 rings (SSSR count). The number of methoxy groups -OCH3 is 1. The van der Waals surface area contributed by atoms with Crippen LogP contribution in [0.15, 0.2) is 22.7 Å². The Bertz CT molecular complexity index is 341. The van der Waals surface area contributed by atoms with Crippen molar-refractivity contribution < 1.29 is 4.74 Å². The molecule has 3 heteroatoms. The van der Waals surface area contributed by atoms with Gasteiger partial charge >= 0.3 is 0 Å². The third-order valence-corrected chi connectivity index (χ3v) is 3.65. The highest BCUT2D eigenvalue weighted by Crippen LogP contribution is 2.26. The van der Waals surface area contributed by atoms with Gasteiger partial charge in [0.25, 0.3) is 0 Å². The van der Waals surface area contributed by atoms with Gasteiger partial charge in [0.2, 0.25) is 0 Å². The van der Waals surface area contributed by atoms with Gasteiger partial charge in [-0.15, -0.1) is 0 Å². The Balaban J connectivity index is 2.44. The summed E-state index contributed by atoms with van der Waals surface area (Å²) in [4.78, 5) is 0. The summed E-state index contributed by atoms with van der Waals surface area (Å²) in [7, 11) is 3.70. The molecule has 0 amide bonds. The number of hydrogen-bond acceptors (Lipinski definition) is 2. The molecule has 17 heavy (non-hydrogen) atoms. The van der Waals surface area contributed by atoms with E-state index in [1.54, 1.807) is 7.11 Å². The van der Waals surface area contributed by atoms with Crippen molar-refractivity contribution in [3.63, 3.8) is 0 Å². The topological polar surface area (TPSA) is 21.3 Å². The molecule has 0 heterocycles. The average molecular weight is 300 g/mol. The quantitative estimate of drug-likeness (QED) is 0.830. The molecule has 0 aliphatic rings. The lowest BCUT2D eigenvalue weighted by atomic mass is 9.98. The lowest BCUT2D eigenvalue weighted by Gasteiger charge is -2.11. The molecule has 1 unspecified atom stereocenters. The number of benzene rings is 1. The van der Waals surface area contributed by atoms with E-state index >= 15 is 0 Å². The first-order valence-corrected chi connectivity index (χ1v) is 6.93. The fourth-order valence-electron chi connectivity index (χ4n) is 1.81. The zero-order chi connectivity index (χ0) is 12.7. The predicted octanol–water partition coefficient (Wildman–Crippen LogP) is 3.64. The molecule has 0 aliphatic heterocycles. The van der Waals surface area contributed by atoms with Crippen LogP contribution < -0.4 is 10.1 Å². The lowest BCUT2D eigenvalue weighted by molar-refractivity contribution is 0.412. The molecule has 96 valence electrons. The monoisotopic (exact) mass is 299 g/mol. The summed E-state index contributed by atoms with van der Waals surface area (Å²) in [5.41, 5.74) is 1.37. The molecule has 1 aromatic carbocycles. The van der Waals surface area contributed by atoms with E-state index in [1.807, 2.05) is 13.1 Å². The van der Waals surface area contributed by atoms with Crippen molar-refractivity contribution in [2.45, 2.75) is 26.2 Å². The van der Waals surface area contributed by atoms with Crippen molar-refractivity contribution in [3.8, 4) is 5.75 Å². The summed E-state index contributed by atoms with van der Waals surface area (Å²) in [6.45, 7) is 3.42. The van der Waals surface area contributed by atoms with Gasteiger partial charge in [-0.2, -0.15) is 0 Å². The summed E-state index contributed by atoms with van der Waals surface area (Å²) in [5.74, 6) is 1.67. The molecule has 1 atom stereocenters. The minimum Gasteiger partial charge on any atom is -0.496 e. The Morgan fingerprint density at radius 3 is 2.71 bits per heavy atom. The normalized spacial score (nSPS) is 12.5. The van der Waals surface area contributed by atoms with E-state index < -0.39 is 0 Å². The van der Waals surface area contributed by atoms with Crippen LogP contribution in [0.3, 0.4) is 0 Å². The van der Waals surface area contributed by atoms with Crippen molar-refractivity contribution in [1.82, 2.24) is 5.32 Å². The number of rotatable bonds is 7. The van der Waals surface area contributed by atoms with Crippen molar-refractivity contribution in [1.29, 1.82) is 0 Å². The molecule has 1 N–H and O–H groups in total. The van der Waals surface area contributed by atoms with Gasteiger partial charge in [0.15, 0.2) is 0 Å². The van der Waals surface area contributed by atoms with E-state index in [4.69, 9.17) is 4.74 Å². The zero-order valence-electron chi connectivity index (χ0n) is 10.9. The second-order valence-corrected chi connectivity index (χ2v) is 5.36. The van der Waals surface area contributed by atoms with Gasteiger partial charge in [0.05, 0.1) is 11.6 Å². The molecule has 0 bridgehead atoms. The van der Waals surface area contributed by atoms with Crippen LogP contribution >= 0.6 is 15.9 Å². The van der Waals surface area contributed by atoms with Gasteiger partial charge in [0, 0.05) is 0 Å². The highest BCUT2D eigenvalue weighted by Gasteiger charge is 2.05. The molecule has 0 spiro atoms. The molecule has 0 aromatic heterocycles. The summed E-state index contributed by atoms with van der Waals surface area (Å²) in [6, 6.07) is 6.33. The third kappa shape index (κ3) is 5.09. The largest absolute Gasteiger partial charge is 0.496 e. The number of nitrogens with one attached hydrogen (secondary N) is 1. The maximum atomic E-state index is 5.22. The molecule has 0 saturated heterocycles. The maximum Gasteiger partial charge on any atom is 0.133 e. The summed E-state index contributed by atoms with van der Waals surface area (Å²) in [5, 5.41) is 3.20. The van der Waals surface area contributed by atoms with E-state index in [2.05, 4.69) is 40.3 Å². The fourth-order valence-corrected chi connectivity index (χ4v) is 2.40. The van der Waals surface area contributed by atoms with Crippen LogP contribution in [0.5, 0.6) is 5.75 Å². The van der Waals surface area contributed by atoms with E-state index in [9.17, 15) is 0 Å². The molecular weight excluding hydrogens is 278 g/mol. The van der Waals surface area contributed by atoms with Crippen molar-refractivity contribution >= 4 is 15.9 Å². The lowest BCUT2D eigenvalue weighted by Crippen LogP contribution is -2.11. The standard InChI is InChI=1S/C14H22BrNO/c1-11(8-9-16-2)4-5-12-6-7-14(17-3)13(15)10-12/h6-7,10-11,16H,4-5,8-9H2,1-3H3. The zero-order valence-corrected chi connectivity index (χ0v) is 12.5. The van der Waals surface area contributed by atoms with Crippen LogP contribution in [-0.4, -0.2) is 20.7 Å². The first kappa shape index (κ1) is 14.5. The van der Waals surface area contributed by atoms with Crippen LogP contribution in [0.25, 0.3) is 0 Å². The van der Waals surface area contributed by atoms with Gasteiger partial charge in [0.1, 0.15) is 5.75 Å². The van der Waals surface area contributed by atoms with Crippen LogP contribution in [0.2, 0.25) is 0 Å². The minimum absolute atomic E-state index is 0.767. The first-order valence-electron chi connectivity index (χ1n) is 6.14. The Labute approximate surface area is 113 Å². The van der Waals surface area contributed by atoms with E-state index in [0.29, 0.717) is 0 Å². The van der Waals surface area contributed by atoms with E-state index in [0.717, 1.165) is 29.1 Å². The van der Waals surface area contributed by atoms with Gasteiger partial charge in [-0.05, 0) is 72.4 Å². The molecule has 2 nitrogen and oxygen atoms in total. The van der Waals surface area contributed by atoms with Crippen LogP contribution in [0.4, 0.5) is 0 Å². The number of halogens is 1. The summed E-state index contributed by atoms with van der Waals surface area (Å²) in [6.07, 6.45) is 3.61. The van der Waals surface area contributed by atoms with Gasteiger partial charge in [-0.3, -0.25) is 0 Å². The Morgan fingerprint density at radius 2 is 2.12 bits per heavy atom. The highest BCUT2D eigenvalue weighted by molar-refractivity contribution is 9.10. The molecule has 0 aliphatic carbocycles. The number of aryl methyl sites for hydroxylation is 1. The smallest absolute Gasteiger partial charge is 0.133 e. The molecular formula is C14H22BrNO. The van der Waals surface area contributed by atoms with Crippen molar-refractivity contribution in [3.05, 3.63) is 28.2 Å². The van der Waals surface area contributed by atoms with E-state index in [1.165, 1.54) is 18.4 Å². The van der Waals surface area contributed by atoms with Crippen molar-refractivity contribution in [2.24, 2.45) is 5.92 Å². The van der Waals surface area contributed by atoms with Crippen molar-refractivity contribution in [2.75, 3.05) is 20.7 Å². The molecule has 0 radical (unpaired) electrons. The van der Waals surface area contributed by atoms with Gasteiger partial charge < -0.3 is 10.1 Å². The predicted molar refractivity (Wildman–Crippen MR) is 76.7 cm³/mol. The Kier molecular flexibility index (Phi) is 6.60. The number of ether oxygens (including phenoxy) is 1. The van der Waals surface area contributed by atoms with Crippen LogP contribution in [0.1, 0.15) is 25.3 Å². The van der Waals surface area contributed by atoms with Gasteiger partial charge in [-0.25, -0.2) is 0 Å². The second-order valence-electron chi connectivity index (χ2n) is 4.50. The van der Waals surface area contributed by atoms with Crippen LogP contribution in [-0.2, 0) is 6.42 Å². The molecule has 1 aromatic rings. The summed E-state index contributed by atoms with van der Waals surface area (Å²) < 4.78 is 6.27. The first-order chi connectivity index (χ1) is 8.17. The summed E-state index contributed by atoms with van der Waals surface area (Å²) >= 11 is 3.52. The molecule has 0 saturated carbocycles. The minimum atomic E-state index is 0.767. The average Bonchev–Trinajstić information content (AvgIpc) is 2.34. The van der Waals surface area contributed by atoms with Crippen LogP contribution in [0, 0.1) is 5.92 Å².